The predicted molar refractivity (Wildman–Crippen MR) is 455 cm³/mol. The molecule has 0 fully saturated rings. The summed E-state index contributed by atoms with van der Waals surface area (Å²) in [6.45, 7) is 4.16. The Morgan fingerprint density at radius 1 is 0.171 bits per heavy atom. The molecule has 0 bridgehead atoms. The predicted octanol–water partition coefficient (Wildman–Crippen LogP) is 25.5. The van der Waals surface area contributed by atoms with Crippen molar-refractivity contribution in [2.75, 3.05) is 38.7 Å². The smallest absolute Gasteiger partial charge is 0.150 e. The summed E-state index contributed by atoms with van der Waals surface area (Å²) in [7, 11) is 3.31. The minimum absolute atomic E-state index is 0.663. The van der Waals surface area contributed by atoms with Gasteiger partial charge in [-0.2, -0.15) is 0 Å². The Balaban J connectivity index is 0.000000137. The van der Waals surface area contributed by atoms with Crippen molar-refractivity contribution in [3.63, 3.8) is 0 Å². The molecule has 0 N–H and O–H groups in total. The van der Waals surface area contributed by atoms with Gasteiger partial charge in [-0.1, -0.05) is 145 Å². The van der Waals surface area contributed by atoms with Crippen LogP contribution >= 0.6 is 0 Å². The molecule has 15 rings (SSSR count). The molecule has 15 aromatic carbocycles. The van der Waals surface area contributed by atoms with E-state index in [4.69, 9.17) is 9.47 Å². The lowest BCUT2D eigenvalue weighted by Crippen LogP contribution is -2.09. The summed E-state index contributed by atoms with van der Waals surface area (Å²) in [5.74, 6) is 1.64. The number of aldehydes is 5. The molecule has 0 aliphatic heterocycles. The van der Waals surface area contributed by atoms with Crippen LogP contribution in [-0.4, -0.2) is 45.7 Å². The Kier molecular flexibility index (Phi) is 27.9. The summed E-state index contributed by atoms with van der Waals surface area (Å²) in [6.07, 6.45) is 4.29. The highest BCUT2D eigenvalue weighted by Crippen LogP contribution is 2.40. The second-order valence-corrected chi connectivity index (χ2v) is 25.3. The van der Waals surface area contributed by atoms with Gasteiger partial charge < -0.3 is 34.0 Å². The van der Waals surface area contributed by atoms with Crippen LogP contribution in [0.5, 0.6) is 11.5 Å². The zero-order valence-electron chi connectivity index (χ0n) is 62.1. The van der Waals surface area contributed by atoms with Crippen LogP contribution in [0.1, 0.15) is 62.9 Å². The number of hydrogen-bond acceptors (Lipinski definition) is 12. The van der Waals surface area contributed by atoms with Crippen molar-refractivity contribution in [2.45, 2.75) is 13.8 Å². The number of rotatable bonds is 22. The molecule has 12 heteroatoms. The standard InChI is InChI=1S/2C20H17NO2.2C20H17NO.C19H15NO/c2*1-23-20-13-11-19(12-14-20)21(17-5-3-2-4-6-17)18-9-7-16(15-22)8-10-18;2*1-16-7-11-19(12-8-16)21(18-5-3-2-4-6-18)20-13-9-17(15-22)10-14-20;21-15-16-11-13-19(14-12-16)20(17-7-3-1-4-8-17)18-9-5-2-6-10-18/h2*2-15H,1H3;2*2-15H,1H3;1-15H. The molecule has 0 heterocycles. The number of aryl methyl sites for hydroxylation is 2. The largest absolute Gasteiger partial charge is 0.497 e. The fourth-order valence-electron chi connectivity index (χ4n) is 12.1. The van der Waals surface area contributed by atoms with E-state index in [1.54, 1.807) is 14.2 Å². The molecule has 111 heavy (non-hydrogen) atoms. The summed E-state index contributed by atoms with van der Waals surface area (Å²) in [5, 5.41) is 0. The number of anilines is 15. The normalized spacial score (nSPS) is 10.2. The number of nitrogens with zero attached hydrogens (tertiary/aromatic N) is 5. The van der Waals surface area contributed by atoms with E-state index in [1.165, 1.54) is 11.1 Å². The number of carbonyl (C=O) groups is 5. The molecule has 0 aromatic heterocycles. The average Bonchev–Trinajstić information content (AvgIpc) is 0.835. The molecule has 0 spiro atoms. The minimum atomic E-state index is 0.663. The maximum atomic E-state index is 10.9. The van der Waals surface area contributed by atoms with Crippen LogP contribution in [-0.2, 0) is 0 Å². The third kappa shape index (κ3) is 21.3. The van der Waals surface area contributed by atoms with Crippen molar-refractivity contribution in [3.05, 3.63) is 439 Å². The van der Waals surface area contributed by atoms with Gasteiger partial charge in [0.05, 0.1) is 14.2 Å². The third-order valence-corrected chi connectivity index (χ3v) is 17.8. The van der Waals surface area contributed by atoms with Crippen molar-refractivity contribution in [1.82, 2.24) is 0 Å². The van der Waals surface area contributed by atoms with E-state index in [0.29, 0.717) is 27.8 Å². The van der Waals surface area contributed by atoms with Crippen molar-refractivity contribution in [2.24, 2.45) is 0 Å². The molecule has 0 unspecified atom stereocenters. The summed E-state index contributed by atoms with van der Waals surface area (Å²) in [5.41, 5.74) is 21.6. The highest BCUT2D eigenvalue weighted by atomic mass is 16.5. The Bertz CT molecular complexity index is 4990. The molecular formula is C99H83N5O7. The van der Waals surface area contributed by atoms with E-state index >= 15 is 0 Å². The number of benzene rings is 15. The summed E-state index contributed by atoms with van der Waals surface area (Å²) in [4.78, 5) is 65.0. The van der Waals surface area contributed by atoms with E-state index in [2.05, 4.69) is 160 Å². The van der Waals surface area contributed by atoms with Crippen molar-refractivity contribution >= 4 is 117 Å². The topological polar surface area (TPSA) is 120 Å². The Morgan fingerprint density at radius 3 is 0.432 bits per heavy atom. The van der Waals surface area contributed by atoms with E-state index in [9.17, 15) is 24.0 Å². The molecule has 0 radical (unpaired) electrons. The quantitative estimate of drug-likeness (QED) is 0.0601. The molecule has 0 atom stereocenters. The monoisotopic (exact) mass is 1450 g/mol. The van der Waals surface area contributed by atoms with Gasteiger partial charge in [0.2, 0.25) is 0 Å². The number of para-hydroxylation sites is 6. The van der Waals surface area contributed by atoms with Crippen LogP contribution in [0.4, 0.5) is 85.3 Å². The van der Waals surface area contributed by atoms with Gasteiger partial charge in [0.25, 0.3) is 0 Å². The Labute approximate surface area is 649 Å². The van der Waals surface area contributed by atoms with E-state index in [1.807, 2.05) is 279 Å². The Morgan fingerprint density at radius 2 is 0.297 bits per heavy atom. The number of hydrogen-bond donors (Lipinski definition) is 0. The van der Waals surface area contributed by atoms with Gasteiger partial charge in [0.1, 0.15) is 42.9 Å². The first-order chi connectivity index (χ1) is 54.6. The molecule has 546 valence electrons. The fourth-order valence-corrected chi connectivity index (χ4v) is 12.1. The maximum Gasteiger partial charge on any atom is 0.150 e. The lowest BCUT2D eigenvalue weighted by Gasteiger charge is -2.25. The molecule has 0 aliphatic rings. The highest BCUT2D eigenvalue weighted by molar-refractivity contribution is 5.86. The van der Waals surface area contributed by atoms with Crippen LogP contribution in [0.2, 0.25) is 0 Å². The average molecular weight is 1450 g/mol. The zero-order chi connectivity index (χ0) is 77.4. The molecule has 0 saturated carbocycles. The second kappa shape index (κ2) is 40.1. The molecule has 12 nitrogen and oxygen atoms in total. The van der Waals surface area contributed by atoms with Gasteiger partial charge in [0.15, 0.2) is 0 Å². The van der Waals surface area contributed by atoms with Crippen LogP contribution in [0.25, 0.3) is 0 Å². The summed E-state index contributed by atoms with van der Waals surface area (Å²) < 4.78 is 10.5. The SMILES string of the molecule is COc1ccc(N(c2ccccc2)c2ccc(C=O)cc2)cc1.COc1ccc(N(c2ccccc2)c2ccc(C=O)cc2)cc1.Cc1ccc(N(c2ccccc2)c2ccc(C=O)cc2)cc1.Cc1ccc(N(c2ccccc2)c2ccc(C=O)cc2)cc1.O=Cc1ccc(N(c2ccccc2)c2ccccc2)cc1. The minimum Gasteiger partial charge on any atom is -0.497 e. The number of methoxy groups -OCH3 is 2. The van der Waals surface area contributed by atoms with Gasteiger partial charge in [-0.15, -0.1) is 0 Å². The lowest BCUT2D eigenvalue weighted by molar-refractivity contribution is 0.111. The third-order valence-electron chi connectivity index (χ3n) is 17.8. The molecule has 0 aliphatic carbocycles. The van der Waals surface area contributed by atoms with E-state index in [-0.39, 0.29) is 0 Å². The Hall–Kier alpha value is -14.8. The van der Waals surface area contributed by atoms with Gasteiger partial charge >= 0.3 is 0 Å². The fraction of sp³-hybridized carbons (Fsp3) is 0.0404. The van der Waals surface area contributed by atoms with Gasteiger partial charge in [-0.3, -0.25) is 24.0 Å². The molecule has 0 amide bonds. The molecule has 0 saturated heterocycles. The van der Waals surface area contributed by atoms with E-state index in [0.717, 1.165) is 128 Å². The van der Waals surface area contributed by atoms with Crippen molar-refractivity contribution in [3.8, 4) is 11.5 Å². The zero-order valence-corrected chi connectivity index (χ0v) is 62.1. The van der Waals surface area contributed by atoms with Crippen LogP contribution in [0.15, 0.2) is 400 Å². The van der Waals surface area contributed by atoms with Gasteiger partial charge in [-0.25, -0.2) is 0 Å². The van der Waals surface area contributed by atoms with Crippen LogP contribution in [0.3, 0.4) is 0 Å². The number of ether oxygens (including phenoxy) is 2. The molecular weight excluding hydrogens is 1370 g/mol. The van der Waals surface area contributed by atoms with Crippen LogP contribution in [0, 0.1) is 13.8 Å². The first kappa shape index (κ1) is 77.4. The first-order valence-corrected chi connectivity index (χ1v) is 36.1. The second-order valence-electron chi connectivity index (χ2n) is 25.3. The maximum absolute atomic E-state index is 10.9. The highest BCUT2D eigenvalue weighted by Gasteiger charge is 2.18. The van der Waals surface area contributed by atoms with E-state index < -0.39 is 0 Å². The van der Waals surface area contributed by atoms with Gasteiger partial charge in [0, 0.05) is 113 Å². The summed E-state index contributed by atoms with van der Waals surface area (Å²) in [6, 6.07) is 132. The molecule has 15 aromatic rings. The van der Waals surface area contributed by atoms with Crippen molar-refractivity contribution < 1.29 is 33.4 Å². The first-order valence-electron chi connectivity index (χ1n) is 36.1. The number of carbonyl (C=O) groups excluding carboxylic acids is 5. The lowest BCUT2D eigenvalue weighted by atomic mass is 10.1. The van der Waals surface area contributed by atoms with Crippen molar-refractivity contribution in [1.29, 1.82) is 0 Å². The van der Waals surface area contributed by atoms with Crippen LogP contribution < -0.4 is 34.0 Å². The summed E-state index contributed by atoms with van der Waals surface area (Å²) >= 11 is 0. The van der Waals surface area contributed by atoms with Gasteiger partial charge in [-0.05, 0) is 281 Å².